The molecule has 1 aliphatic carbocycles. The van der Waals surface area contributed by atoms with Crippen molar-refractivity contribution < 1.29 is 10.2 Å². The number of aliphatic hydroxyl groups excluding tert-OH is 2. The summed E-state index contributed by atoms with van der Waals surface area (Å²) in [6.07, 6.45) is 8.25. The first kappa shape index (κ1) is 9.49. The Morgan fingerprint density at radius 1 is 1.33 bits per heavy atom. The summed E-state index contributed by atoms with van der Waals surface area (Å²) in [5.41, 5.74) is 0.593. The van der Waals surface area contributed by atoms with Gasteiger partial charge in [0.05, 0.1) is 13.2 Å². The minimum absolute atomic E-state index is 0.000324. The summed E-state index contributed by atoms with van der Waals surface area (Å²) in [7, 11) is 0. The maximum Gasteiger partial charge on any atom is 0.0547 e. The zero-order valence-corrected chi connectivity index (χ0v) is 7.45. The van der Waals surface area contributed by atoms with Crippen molar-refractivity contribution in [2.75, 3.05) is 13.2 Å². The molecule has 0 bridgehead atoms. The van der Waals surface area contributed by atoms with Crippen molar-refractivity contribution in [3.63, 3.8) is 0 Å². The van der Waals surface area contributed by atoms with E-state index < -0.39 is 5.41 Å². The van der Waals surface area contributed by atoms with Gasteiger partial charge < -0.3 is 10.2 Å². The predicted octanol–water partition coefficient (Wildman–Crippen LogP) is 1.25. The Bertz CT molecular complexity index is 200. The standard InChI is InChI=1S/C10H16O2/c1-10(7-11,8-12)9-5-3-2-4-6-9/h3,5-6,11-12H,2,4,7-8H2,1H3. The molecule has 0 saturated heterocycles. The van der Waals surface area contributed by atoms with Gasteiger partial charge in [-0.1, -0.05) is 25.2 Å². The minimum atomic E-state index is -0.461. The summed E-state index contributed by atoms with van der Waals surface area (Å²) in [4.78, 5) is 0. The van der Waals surface area contributed by atoms with Crippen LogP contribution < -0.4 is 0 Å². The highest BCUT2D eigenvalue weighted by molar-refractivity contribution is 5.29. The van der Waals surface area contributed by atoms with Crippen molar-refractivity contribution in [1.82, 2.24) is 0 Å². The van der Waals surface area contributed by atoms with E-state index in [1.165, 1.54) is 0 Å². The number of hydrogen-bond acceptors (Lipinski definition) is 2. The Morgan fingerprint density at radius 3 is 2.42 bits per heavy atom. The van der Waals surface area contributed by atoms with Gasteiger partial charge in [-0.25, -0.2) is 0 Å². The van der Waals surface area contributed by atoms with Crippen LogP contribution in [0.4, 0.5) is 0 Å². The maximum atomic E-state index is 9.10. The van der Waals surface area contributed by atoms with Crippen molar-refractivity contribution in [1.29, 1.82) is 0 Å². The molecule has 12 heavy (non-hydrogen) atoms. The van der Waals surface area contributed by atoms with Crippen LogP contribution in [-0.2, 0) is 0 Å². The van der Waals surface area contributed by atoms with E-state index >= 15 is 0 Å². The maximum absolute atomic E-state index is 9.10. The summed E-state index contributed by atoms with van der Waals surface area (Å²) in [5.74, 6) is 0. The zero-order valence-electron chi connectivity index (χ0n) is 7.45. The lowest BCUT2D eigenvalue weighted by molar-refractivity contribution is 0.101. The van der Waals surface area contributed by atoms with E-state index in [1.54, 1.807) is 0 Å². The second-order valence-electron chi connectivity index (χ2n) is 3.52. The molecule has 0 spiro atoms. The van der Waals surface area contributed by atoms with Gasteiger partial charge in [-0.05, 0) is 18.4 Å². The third-order valence-corrected chi connectivity index (χ3v) is 2.39. The van der Waals surface area contributed by atoms with Crippen LogP contribution in [0.3, 0.4) is 0 Å². The van der Waals surface area contributed by atoms with Gasteiger partial charge in [-0.3, -0.25) is 0 Å². The fourth-order valence-electron chi connectivity index (χ4n) is 1.29. The van der Waals surface area contributed by atoms with Crippen LogP contribution in [-0.4, -0.2) is 23.4 Å². The first-order valence-corrected chi connectivity index (χ1v) is 4.32. The summed E-state index contributed by atoms with van der Waals surface area (Å²) in [6, 6.07) is 0. The van der Waals surface area contributed by atoms with E-state index in [2.05, 4.69) is 12.2 Å². The van der Waals surface area contributed by atoms with E-state index in [0.29, 0.717) is 0 Å². The van der Waals surface area contributed by atoms with Crippen LogP contribution in [0.2, 0.25) is 0 Å². The smallest absolute Gasteiger partial charge is 0.0547 e. The van der Waals surface area contributed by atoms with E-state index in [9.17, 15) is 0 Å². The summed E-state index contributed by atoms with van der Waals surface area (Å²) in [6.45, 7) is 1.87. The molecule has 0 heterocycles. The molecule has 2 nitrogen and oxygen atoms in total. The normalized spacial score (nSPS) is 17.8. The molecule has 0 radical (unpaired) electrons. The average molecular weight is 168 g/mol. The van der Waals surface area contributed by atoms with Crippen LogP contribution in [0.5, 0.6) is 0 Å². The third-order valence-electron chi connectivity index (χ3n) is 2.39. The van der Waals surface area contributed by atoms with Crippen molar-refractivity contribution >= 4 is 0 Å². The summed E-state index contributed by atoms with van der Waals surface area (Å²) in [5, 5.41) is 18.2. The van der Waals surface area contributed by atoms with Gasteiger partial charge in [0, 0.05) is 5.41 Å². The van der Waals surface area contributed by atoms with Crippen LogP contribution in [0.15, 0.2) is 23.8 Å². The predicted molar refractivity (Wildman–Crippen MR) is 48.7 cm³/mol. The molecule has 2 N–H and O–H groups in total. The molecule has 0 aromatic heterocycles. The third kappa shape index (κ3) is 1.76. The molecule has 0 amide bonds. The van der Waals surface area contributed by atoms with Crippen LogP contribution in [0.1, 0.15) is 19.8 Å². The quantitative estimate of drug-likeness (QED) is 0.666. The zero-order chi connectivity index (χ0) is 9.03. The Kier molecular flexibility index (Phi) is 3.06. The minimum Gasteiger partial charge on any atom is -0.395 e. The van der Waals surface area contributed by atoms with Gasteiger partial charge in [0.1, 0.15) is 0 Å². The summed E-state index contributed by atoms with van der Waals surface area (Å²) < 4.78 is 0. The molecular weight excluding hydrogens is 152 g/mol. The van der Waals surface area contributed by atoms with Crippen molar-refractivity contribution in [3.8, 4) is 0 Å². The number of rotatable bonds is 3. The first-order chi connectivity index (χ1) is 5.73. The number of hydrogen-bond donors (Lipinski definition) is 2. The van der Waals surface area contributed by atoms with E-state index in [1.807, 2.05) is 13.0 Å². The van der Waals surface area contributed by atoms with Crippen LogP contribution >= 0.6 is 0 Å². The summed E-state index contributed by atoms with van der Waals surface area (Å²) >= 11 is 0. The fourth-order valence-corrected chi connectivity index (χ4v) is 1.29. The molecule has 0 aromatic carbocycles. The highest BCUT2D eigenvalue weighted by Gasteiger charge is 2.26. The second kappa shape index (κ2) is 3.87. The molecule has 0 atom stereocenters. The molecule has 0 aromatic rings. The van der Waals surface area contributed by atoms with Gasteiger partial charge in [0.2, 0.25) is 0 Å². The number of aliphatic hydroxyl groups is 2. The highest BCUT2D eigenvalue weighted by atomic mass is 16.3. The van der Waals surface area contributed by atoms with E-state index in [0.717, 1.165) is 18.4 Å². The lowest BCUT2D eigenvalue weighted by Crippen LogP contribution is -2.28. The molecule has 0 aliphatic heterocycles. The molecular formula is C10H16O2. The molecule has 0 unspecified atom stereocenters. The Balaban J connectivity index is 2.78. The van der Waals surface area contributed by atoms with E-state index in [4.69, 9.17) is 10.2 Å². The van der Waals surface area contributed by atoms with Gasteiger partial charge in [0.25, 0.3) is 0 Å². The molecule has 0 saturated carbocycles. The van der Waals surface area contributed by atoms with Crippen molar-refractivity contribution in [2.45, 2.75) is 19.8 Å². The SMILES string of the molecule is CC(CO)(CO)C1=CCCC=C1. The Morgan fingerprint density at radius 2 is 2.00 bits per heavy atom. The molecule has 1 rings (SSSR count). The molecule has 1 aliphatic rings. The first-order valence-electron chi connectivity index (χ1n) is 4.32. The van der Waals surface area contributed by atoms with E-state index in [-0.39, 0.29) is 13.2 Å². The van der Waals surface area contributed by atoms with Crippen LogP contribution in [0, 0.1) is 5.41 Å². The monoisotopic (exact) mass is 168 g/mol. The number of allylic oxidation sites excluding steroid dienone is 3. The molecule has 68 valence electrons. The largest absolute Gasteiger partial charge is 0.395 e. The Hall–Kier alpha value is -0.600. The average Bonchev–Trinajstić information content (AvgIpc) is 2.18. The molecule has 2 heteroatoms. The Labute approximate surface area is 73.2 Å². The van der Waals surface area contributed by atoms with Crippen molar-refractivity contribution in [3.05, 3.63) is 23.8 Å². The van der Waals surface area contributed by atoms with Gasteiger partial charge in [0.15, 0.2) is 0 Å². The van der Waals surface area contributed by atoms with Crippen molar-refractivity contribution in [2.24, 2.45) is 5.41 Å². The van der Waals surface area contributed by atoms with Gasteiger partial charge in [-0.2, -0.15) is 0 Å². The molecule has 0 fully saturated rings. The lowest BCUT2D eigenvalue weighted by Gasteiger charge is -2.27. The lowest BCUT2D eigenvalue weighted by atomic mass is 9.81. The van der Waals surface area contributed by atoms with Gasteiger partial charge in [-0.15, -0.1) is 0 Å². The van der Waals surface area contributed by atoms with Gasteiger partial charge >= 0.3 is 0 Å². The second-order valence-corrected chi connectivity index (χ2v) is 3.52. The highest BCUT2D eigenvalue weighted by Crippen LogP contribution is 2.29. The van der Waals surface area contributed by atoms with Crippen LogP contribution in [0.25, 0.3) is 0 Å². The topological polar surface area (TPSA) is 40.5 Å². The fraction of sp³-hybridized carbons (Fsp3) is 0.600.